The number of carbonyl (C=O) groups is 2. The predicted octanol–water partition coefficient (Wildman–Crippen LogP) is 2.44. The fraction of sp³-hybridized carbons (Fsp3) is 0.364. The minimum absolute atomic E-state index is 0.0226. The lowest BCUT2D eigenvalue weighted by molar-refractivity contribution is -0.0234. The second-order valence-corrected chi connectivity index (χ2v) is 7.33. The molecule has 1 aliphatic heterocycles. The number of fused-ring (bicyclic) bond motifs is 1. The van der Waals surface area contributed by atoms with Crippen LogP contribution < -0.4 is 0 Å². The van der Waals surface area contributed by atoms with Crippen molar-refractivity contribution < 1.29 is 34.0 Å². The Morgan fingerprint density at radius 1 is 0.897 bits per heavy atom. The normalized spacial score (nSPS) is 25.4. The number of hydrogen-bond donors (Lipinski definition) is 2. The third-order valence-corrected chi connectivity index (χ3v) is 5.50. The molecule has 29 heavy (non-hydrogen) atoms. The molecule has 152 valence electrons. The van der Waals surface area contributed by atoms with Gasteiger partial charge in [-0.15, -0.1) is 0 Å². The van der Waals surface area contributed by atoms with Gasteiger partial charge in [-0.3, -0.25) is 0 Å². The van der Waals surface area contributed by atoms with E-state index in [9.17, 15) is 14.7 Å². The van der Waals surface area contributed by atoms with Crippen LogP contribution >= 0.6 is 0 Å². The van der Waals surface area contributed by atoms with Crippen LogP contribution in [-0.4, -0.2) is 47.1 Å². The molecule has 0 radical (unpaired) electrons. The third-order valence-electron chi connectivity index (χ3n) is 5.50. The van der Waals surface area contributed by atoms with Gasteiger partial charge in [-0.05, 0) is 54.8 Å². The highest BCUT2D eigenvalue weighted by molar-refractivity contribution is 5.90. The van der Waals surface area contributed by atoms with E-state index < -0.39 is 18.0 Å². The van der Waals surface area contributed by atoms with E-state index in [1.807, 2.05) is 0 Å². The number of ether oxygens (including phenoxy) is 3. The summed E-state index contributed by atoms with van der Waals surface area (Å²) in [6.45, 7) is 0.179. The topological polar surface area (TPSA) is 102 Å². The second-order valence-electron chi connectivity index (χ2n) is 7.33. The molecule has 1 heterocycles. The Morgan fingerprint density at radius 2 is 1.48 bits per heavy atom. The van der Waals surface area contributed by atoms with Crippen LogP contribution in [0.25, 0.3) is 0 Å². The molecule has 2 aromatic carbocycles. The van der Waals surface area contributed by atoms with E-state index in [4.69, 9.17) is 19.3 Å². The Hall–Kier alpha value is -2.90. The molecular formula is C22H22O7. The summed E-state index contributed by atoms with van der Waals surface area (Å²) in [5.74, 6) is -0.847. The Morgan fingerprint density at radius 3 is 2.10 bits per heavy atom. The maximum Gasteiger partial charge on any atom is 0.338 e. The van der Waals surface area contributed by atoms with Gasteiger partial charge in [0.2, 0.25) is 0 Å². The number of aromatic hydroxyl groups is 1. The number of aliphatic hydroxyl groups excluding tert-OH is 1. The molecule has 1 saturated heterocycles. The number of phenols is 1. The first-order chi connectivity index (χ1) is 14.0. The number of rotatable bonds is 5. The smallest absolute Gasteiger partial charge is 0.338 e. The monoisotopic (exact) mass is 398 g/mol. The summed E-state index contributed by atoms with van der Waals surface area (Å²) >= 11 is 0. The van der Waals surface area contributed by atoms with E-state index in [0.29, 0.717) is 17.5 Å². The van der Waals surface area contributed by atoms with Crippen LogP contribution in [0.2, 0.25) is 0 Å². The number of aliphatic hydroxyl groups is 1. The molecule has 0 amide bonds. The fourth-order valence-corrected chi connectivity index (χ4v) is 3.92. The first kappa shape index (κ1) is 19.4. The largest absolute Gasteiger partial charge is 0.508 e. The lowest BCUT2D eigenvalue weighted by Crippen LogP contribution is -2.31. The van der Waals surface area contributed by atoms with Crippen molar-refractivity contribution in [3.63, 3.8) is 0 Å². The van der Waals surface area contributed by atoms with Gasteiger partial charge in [0, 0.05) is 5.92 Å². The molecule has 0 spiro atoms. The maximum atomic E-state index is 12.4. The Bertz CT molecular complexity index is 875. The van der Waals surface area contributed by atoms with Crippen molar-refractivity contribution in [3.05, 3.63) is 65.2 Å². The third kappa shape index (κ3) is 4.11. The Kier molecular flexibility index (Phi) is 5.51. The van der Waals surface area contributed by atoms with Crippen LogP contribution in [0, 0.1) is 5.92 Å². The van der Waals surface area contributed by atoms with Gasteiger partial charge in [-0.1, -0.05) is 12.1 Å². The SMILES string of the molecule is O=C(O[C@@H]1CO[C@H]2[C@@H]1CC[C@H]2OC(=O)c1ccc(CO)cc1)c1ccc(O)cc1. The Balaban J connectivity index is 1.35. The van der Waals surface area contributed by atoms with Gasteiger partial charge in [0.05, 0.1) is 24.3 Å². The zero-order chi connectivity index (χ0) is 20.4. The highest BCUT2D eigenvalue weighted by Gasteiger charge is 2.49. The van der Waals surface area contributed by atoms with Crippen LogP contribution in [0.5, 0.6) is 5.75 Å². The van der Waals surface area contributed by atoms with Crippen molar-refractivity contribution in [1.82, 2.24) is 0 Å². The molecule has 1 saturated carbocycles. The molecule has 2 fully saturated rings. The molecule has 2 aromatic rings. The first-order valence-electron chi connectivity index (χ1n) is 9.57. The molecule has 0 unspecified atom stereocenters. The maximum absolute atomic E-state index is 12.4. The highest BCUT2D eigenvalue weighted by atomic mass is 16.6. The highest BCUT2D eigenvalue weighted by Crippen LogP contribution is 2.39. The summed E-state index contributed by atoms with van der Waals surface area (Å²) < 4.78 is 17.0. The van der Waals surface area contributed by atoms with E-state index in [1.54, 1.807) is 24.3 Å². The zero-order valence-corrected chi connectivity index (χ0v) is 15.7. The minimum Gasteiger partial charge on any atom is -0.508 e. The van der Waals surface area contributed by atoms with E-state index in [1.165, 1.54) is 24.3 Å². The summed E-state index contributed by atoms with van der Waals surface area (Å²) in [6.07, 6.45) is 0.298. The molecule has 7 nitrogen and oxygen atoms in total. The number of esters is 2. The van der Waals surface area contributed by atoms with Gasteiger partial charge < -0.3 is 24.4 Å². The van der Waals surface area contributed by atoms with Gasteiger partial charge in [0.15, 0.2) is 0 Å². The summed E-state index contributed by atoms with van der Waals surface area (Å²) in [5, 5.41) is 18.4. The summed E-state index contributed by atoms with van der Waals surface area (Å²) in [4.78, 5) is 24.7. The van der Waals surface area contributed by atoms with Crippen LogP contribution in [0.4, 0.5) is 0 Å². The lowest BCUT2D eigenvalue weighted by Gasteiger charge is -2.19. The molecule has 2 aliphatic rings. The van der Waals surface area contributed by atoms with Gasteiger partial charge in [0.25, 0.3) is 0 Å². The van der Waals surface area contributed by atoms with Crippen molar-refractivity contribution in [1.29, 1.82) is 0 Å². The summed E-state index contributed by atoms with van der Waals surface area (Å²) in [5.41, 5.74) is 1.50. The first-order valence-corrected chi connectivity index (χ1v) is 9.57. The molecule has 7 heteroatoms. The molecular weight excluding hydrogens is 376 g/mol. The van der Waals surface area contributed by atoms with Gasteiger partial charge in [-0.25, -0.2) is 9.59 Å². The average Bonchev–Trinajstić information content (AvgIpc) is 3.32. The average molecular weight is 398 g/mol. The molecule has 0 bridgehead atoms. The van der Waals surface area contributed by atoms with E-state index >= 15 is 0 Å². The van der Waals surface area contributed by atoms with Crippen LogP contribution in [0.1, 0.15) is 39.1 Å². The van der Waals surface area contributed by atoms with Crippen molar-refractivity contribution in [3.8, 4) is 5.75 Å². The van der Waals surface area contributed by atoms with E-state index in [-0.39, 0.29) is 37.1 Å². The quantitative estimate of drug-likeness (QED) is 0.746. The second kappa shape index (κ2) is 8.23. The zero-order valence-electron chi connectivity index (χ0n) is 15.7. The predicted molar refractivity (Wildman–Crippen MR) is 101 cm³/mol. The summed E-state index contributed by atoms with van der Waals surface area (Å²) in [7, 11) is 0. The van der Waals surface area contributed by atoms with Crippen molar-refractivity contribution in [2.75, 3.05) is 6.61 Å². The Labute approximate surface area is 167 Å². The number of hydrogen-bond acceptors (Lipinski definition) is 7. The minimum atomic E-state index is -0.469. The van der Waals surface area contributed by atoms with Crippen LogP contribution in [-0.2, 0) is 20.8 Å². The fourth-order valence-electron chi connectivity index (χ4n) is 3.92. The summed E-state index contributed by atoms with van der Waals surface area (Å²) in [6, 6.07) is 12.5. The van der Waals surface area contributed by atoms with Crippen LogP contribution in [0.15, 0.2) is 48.5 Å². The molecule has 1 aliphatic carbocycles. The number of phenolic OH excluding ortho intramolecular Hbond substituents is 1. The van der Waals surface area contributed by atoms with Crippen LogP contribution in [0.3, 0.4) is 0 Å². The number of carbonyl (C=O) groups excluding carboxylic acids is 2. The standard InChI is InChI=1S/C22H22O7/c23-11-13-1-3-14(4-2-13)21(25)28-18-10-9-17-19(12-27-20(17)18)29-22(26)15-5-7-16(24)8-6-15/h1-8,17-20,23-24H,9-12H2/t17-,18-,19-,20+/m1/s1. The molecule has 4 rings (SSSR count). The molecule has 0 aromatic heterocycles. The lowest BCUT2D eigenvalue weighted by atomic mass is 10.0. The van der Waals surface area contributed by atoms with E-state index in [0.717, 1.165) is 12.0 Å². The van der Waals surface area contributed by atoms with Gasteiger partial charge in [-0.2, -0.15) is 0 Å². The van der Waals surface area contributed by atoms with Crippen molar-refractivity contribution >= 4 is 11.9 Å². The van der Waals surface area contributed by atoms with Crippen molar-refractivity contribution in [2.24, 2.45) is 5.92 Å². The van der Waals surface area contributed by atoms with Gasteiger partial charge >= 0.3 is 11.9 Å². The molecule has 2 N–H and O–H groups in total. The van der Waals surface area contributed by atoms with E-state index in [2.05, 4.69) is 0 Å². The number of benzene rings is 2. The van der Waals surface area contributed by atoms with Gasteiger partial charge in [0.1, 0.15) is 24.1 Å². The molecule has 4 atom stereocenters. The van der Waals surface area contributed by atoms with Crippen molar-refractivity contribution in [2.45, 2.75) is 37.8 Å².